The summed E-state index contributed by atoms with van der Waals surface area (Å²) < 4.78 is 2.34. The van der Waals surface area contributed by atoms with E-state index >= 15 is 0 Å². The Morgan fingerprint density at radius 1 is 0.950 bits per heavy atom. The van der Waals surface area contributed by atoms with Crippen molar-refractivity contribution in [2.45, 2.75) is 19.9 Å². The van der Waals surface area contributed by atoms with Crippen LogP contribution in [-0.4, -0.2) is 11.1 Å². The molecule has 102 valence electrons. The van der Waals surface area contributed by atoms with Gasteiger partial charge in [-0.25, -0.2) is 0 Å². The molecule has 2 nitrogen and oxygen atoms in total. The molecule has 0 atom stereocenters. The Bertz CT molecular complexity index is 725. The van der Waals surface area contributed by atoms with E-state index in [0.717, 1.165) is 13.0 Å². The van der Waals surface area contributed by atoms with Crippen molar-refractivity contribution in [1.82, 2.24) is 4.57 Å². The highest BCUT2D eigenvalue weighted by atomic mass is 15.0. The van der Waals surface area contributed by atoms with Gasteiger partial charge in [0.15, 0.2) is 0 Å². The second-order valence-electron chi connectivity index (χ2n) is 5.26. The molecule has 0 fully saturated rings. The Labute approximate surface area is 119 Å². The lowest BCUT2D eigenvalue weighted by atomic mass is 10.1. The highest BCUT2D eigenvalue weighted by molar-refractivity contribution is 5.83. The van der Waals surface area contributed by atoms with Crippen LogP contribution in [0.15, 0.2) is 54.7 Å². The molecular formula is C18H20N2. The Hall–Kier alpha value is -2.06. The molecule has 0 unspecified atom stereocenters. The first-order valence-electron chi connectivity index (χ1n) is 7.11. The molecular weight excluding hydrogens is 244 g/mol. The lowest BCUT2D eigenvalue weighted by Gasteiger charge is -2.11. The van der Waals surface area contributed by atoms with E-state index in [0.29, 0.717) is 6.54 Å². The van der Waals surface area contributed by atoms with Gasteiger partial charge in [0, 0.05) is 12.7 Å². The summed E-state index contributed by atoms with van der Waals surface area (Å²) in [5, 5.41) is 1.30. The maximum Gasteiger partial charge on any atom is 0.0516 e. The van der Waals surface area contributed by atoms with Crippen LogP contribution in [0.4, 0.5) is 0 Å². The molecule has 2 aromatic carbocycles. The third-order valence-corrected chi connectivity index (χ3v) is 3.89. The van der Waals surface area contributed by atoms with Crippen LogP contribution in [0.5, 0.6) is 0 Å². The molecule has 0 aliphatic heterocycles. The number of hydrogen-bond acceptors (Lipinski definition) is 1. The molecule has 0 aliphatic carbocycles. The van der Waals surface area contributed by atoms with Crippen LogP contribution < -0.4 is 5.73 Å². The third kappa shape index (κ3) is 2.35. The van der Waals surface area contributed by atoms with Gasteiger partial charge in [-0.3, -0.25) is 0 Å². The molecule has 3 rings (SSSR count). The van der Waals surface area contributed by atoms with Crippen LogP contribution >= 0.6 is 0 Å². The van der Waals surface area contributed by atoms with Gasteiger partial charge in [-0.15, -0.1) is 0 Å². The standard InChI is InChI=1S/C18H20N2/c1-14-5-2-3-6-17(14)13-20-12-10-16-8-4-7-15(9-11-19)18(16)20/h2-8,10,12H,9,11,13,19H2,1H3. The van der Waals surface area contributed by atoms with E-state index in [1.54, 1.807) is 0 Å². The van der Waals surface area contributed by atoms with Gasteiger partial charge in [0.2, 0.25) is 0 Å². The molecule has 0 spiro atoms. The van der Waals surface area contributed by atoms with Crippen molar-refractivity contribution >= 4 is 10.9 Å². The number of aromatic nitrogens is 1. The zero-order valence-electron chi connectivity index (χ0n) is 11.8. The smallest absolute Gasteiger partial charge is 0.0516 e. The maximum absolute atomic E-state index is 5.74. The van der Waals surface area contributed by atoms with E-state index in [-0.39, 0.29) is 0 Å². The quantitative estimate of drug-likeness (QED) is 0.768. The van der Waals surface area contributed by atoms with E-state index in [2.05, 4.69) is 66.2 Å². The molecule has 0 aliphatic rings. The number of rotatable bonds is 4. The number of hydrogen-bond donors (Lipinski definition) is 1. The van der Waals surface area contributed by atoms with E-state index in [1.165, 1.54) is 27.6 Å². The number of para-hydroxylation sites is 1. The van der Waals surface area contributed by atoms with Crippen LogP contribution in [0, 0.1) is 6.92 Å². The normalized spacial score (nSPS) is 11.1. The molecule has 3 aromatic rings. The predicted molar refractivity (Wildman–Crippen MR) is 85.0 cm³/mol. The fourth-order valence-corrected chi connectivity index (χ4v) is 2.80. The number of nitrogens with zero attached hydrogens (tertiary/aromatic N) is 1. The first-order valence-corrected chi connectivity index (χ1v) is 7.11. The van der Waals surface area contributed by atoms with Gasteiger partial charge in [0.25, 0.3) is 0 Å². The van der Waals surface area contributed by atoms with Gasteiger partial charge in [-0.2, -0.15) is 0 Å². The van der Waals surface area contributed by atoms with Crippen LogP contribution in [0.2, 0.25) is 0 Å². The highest BCUT2D eigenvalue weighted by Crippen LogP contribution is 2.22. The van der Waals surface area contributed by atoms with Crippen molar-refractivity contribution in [2.75, 3.05) is 6.54 Å². The maximum atomic E-state index is 5.74. The van der Waals surface area contributed by atoms with Gasteiger partial charge >= 0.3 is 0 Å². The van der Waals surface area contributed by atoms with Gasteiger partial charge in [0.1, 0.15) is 0 Å². The summed E-state index contributed by atoms with van der Waals surface area (Å²) in [6.45, 7) is 3.77. The number of nitrogens with two attached hydrogens (primary N) is 1. The topological polar surface area (TPSA) is 30.9 Å². The van der Waals surface area contributed by atoms with Crippen LogP contribution in [0.1, 0.15) is 16.7 Å². The summed E-state index contributed by atoms with van der Waals surface area (Å²) in [7, 11) is 0. The first kappa shape index (κ1) is 12.9. The Morgan fingerprint density at radius 3 is 2.55 bits per heavy atom. The van der Waals surface area contributed by atoms with E-state index in [9.17, 15) is 0 Å². The molecule has 0 saturated carbocycles. The summed E-state index contributed by atoms with van der Waals surface area (Å²) in [5.41, 5.74) is 11.1. The van der Waals surface area contributed by atoms with Gasteiger partial charge in [-0.1, -0.05) is 42.5 Å². The summed E-state index contributed by atoms with van der Waals surface area (Å²) >= 11 is 0. The molecule has 2 heteroatoms. The first-order chi connectivity index (χ1) is 9.79. The summed E-state index contributed by atoms with van der Waals surface area (Å²) in [6, 6.07) is 17.2. The minimum absolute atomic E-state index is 0.689. The van der Waals surface area contributed by atoms with Gasteiger partial charge in [-0.05, 0) is 48.0 Å². The van der Waals surface area contributed by atoms with E-state index < -0.39 is 0 Å². The summed E-state index contributed by atoms with van der Waals surface area (Å²) in [5.74, 6) is 0. The average molecular weight is 264 g/mol. The van der Waals surface area contributed by atoms with Crippen molar-refractivity contribution in [3.05, 3.63) is 71.4 Å². The van der Waals surface area contributed by atoms with Crippen molar-refractivity contribution in [2.24, 2.45) is 5.73 Å². The van der Waals surface area contributed by atoms with E-state index in [1.807, 2.05) is 0 Å². The Balaban J connectivity index is 2.06. The zero-order chi connectivity index (χ0) is 13.9. The van der Waals surface area contributed by atoms with Crippen LogP contribution in [0.25, 0.3) is 10.9 Å². The molecule has 0 saturated heterocycles. The second-order valence-corrected chi connectivity index (χ2v) is 5.26. The van der Waals surface area contributed by atoms with Crippen molar-refractivity contribution < 1.29 is 0 Å². The van der Waals surface area contributed by atoms with Crippen LogP contribution in [0.3, 0.4) is 0 Å². The molecule has 0 bridgehead atoms. The molecule has 1 aromatic heterocycles. The fourth-order valence-electron chi connectivity index (χ4n) is 2.80. The van der Waals surface area contributed by atoms with Crippen LogP contribution in [-0.2, 0) is 13.0 Å². The van der Waals surface area contributed by atoms with Crippen molar-refractivity contribution in [3.8, 4) is 0 Å². The predicted octanol–water partition coefficient (Wildman–Crippen LogP) is 3.50. The number of aryl methyl sites for hydroxylation is 1. The van der Waals surface area contributed by atoms with E-state index in [4.69, 9.17) is 5.73 Å². The lowest BCUT2D eigenvalue weighted by Crippen LogP contribution is -2.06. The second kappa shape index (κ2) is 5.51. The monoisotopic (exact) mass is 264 g/mol. The third-order valence-electron chi connectivity index (χ3n) is 3.89. The molecule has 0 radical (unpaired) electrons. The average Bonchev–Trinajstić information content (AvgIpc) is 2.86. The Morgan fingerprint density at radius 2 is 1.75 bits per heavy atom. The number of fused-ring (bicyclic) bond motifs is 1. The minimum atomic E-state index is 0.689. The largest absolute Gasteiger partial charge is 0.343 e. The summed E-state index contributed by atoms with van der Waals surface area (Å²) in [4.78, 5) is 0. The summed E-state index contributed by atoms with van der Waals surface area (Å²) in [6.07, 6.45) is 3.10. The molecule has 20 heavy (non-hydrogen) atoms. The lowest BCUT2D eigenvalue weighted by molar-refractivity contribution is 0.822. The molecule has 2 N–H and O–H groups in total. The minimum Gasteiger partial charge on any atom is -0.343 e. The Kier molecular flexibility index (Phi) is 3.57. The molecule has 1 heterocycles. The number of benzene rings is 2. The molecule has 0 amide bonds. The highest BCUT2D eigenvalue weighted by Gasteiger charge is 2.07. The van der Waals surface area contributed by atoms with Gasteiger partial charge in [0.05, 0.1) is 5.52 Å². The fraction of sp³-hybridized carbons (Fsp3) is 0.222. The SMILES string of the molecule is Cc1ccccc1Cn1ccc2cccc(CCN)c21. The van der Waals surface area contributed by atoms with Gasteiger partial charge < -0.3 is 10.3 Å². The van der Waals surface area contributed by atoms with Crippen molar-refractivity contribution in [3.63, 3.8) is 0 Å². The van der Waals surface area contributed by atoms with Crippen molar-refractivity contribution in [1.29, 1.82) is 0 Å². The zero-order valence-corrected chi connectivity index (χ0v) is 11.8.